The summed E-state index contributed by atoms with van der Waals surface area (Å²) in [6.07, 6.45) is 0. The van der Waals surface area contributed by atoms with E-state index in [4.69, 9.17) is 5.11 Å². The first-order valence-corrected chi connectivity index (χ1v) is 8.54. The second-order valence-corrected chi connectivity index (χ2v) is 7.61. The van der Waals surface area contributed by atoms with Gasteiger partial charge in [-0.25, -0.2) is 17.9 Å². The quantitative estimate of drug-likeness (QED) is 0.698. The second kappa shape index (κ2) is 6.87. The van der Waals surface area contributed by atoms with Gasteiger partial charge in [-0.3, -0.25) is 0 Å². The number of hydrogen-bond donors (Lipinski definition) is 3. The normalized spacial score (nSPS) is 13.4. The fourth-order valence-electron chi connectivity index (χ4n) is 1.68. The number of aliphatic hydroxyl groups is 1. The Hall–Kier alpha value is -0.960. The molecule has 0 fully saturated rings. The number of halogens is 1. The number of carboxylic acids is 1. The van der Waals surface area contributed by atoms with Gasteiger partial charge < -0.3 is 10.2 Å². The van der Waals surface area contributed by atoms with Crippen LogP contribution in [0.3, 0.4) is 0 Å². The summed E-state index contributed by atoms with van der Waals surface area (Å²) in [5.41, 5.74) is 0.360. The van der Waals surface area contributed by atoms with Crippen LogP contribution in [0.1, 0.15) is 29.8 Å². The highest BCUT2D eigenvalue weighted by Gasteiger charge is 2.24. The van der Waals surface area contributed by atoms with Crippen molar-refractivity contribution in [2.75, 3.05) is 6.61 Å². The fourth-order valence-corrected chi connectivity index (χ4v) is 3.72. The number of aliphatic hydroxyl groups excluding tert-OH is 1. The molecule has 0 amide bonds. The third-order valence-corrected chi connectivity index (χ3v) is 5.46. The van der Waals surface area contributed by atoms with E-state index in [1.54, 1.807) is 20.8 Å². The molecule has 0 aliphatic heterocycles. The first-order chi connectivity index (χ1) is 9.60. The molecule has 0 aliphatic rings. The highest BCUT2D eigenvalue weighted by atomic mass is 79.9. The monoisotopic (exact) mass is 379 g/mol. The fraction of sp³-hybridized carbons (Fsp3) is 0.462. The molecule has 0 spiro atoms. The number of rotatable bonds is 6. The van der Waals surface area contributed by atoms with Gasteiger partial charge in [0.05, 0.1) is 17.1 Å². The van der Waals surface area contributed by atoms with Gasteiger partial charge in [-0.15, -0.1) is 0 Å². The van der Waals surface area contributed by atoms with E-state index in [0.29, 0.717) is 10.0 Å². The molecule has 118 valence electrons. The van der Waals surface area contributed by atoms with Crippen LogP contribution >= 0.6 is 15.9 Å². The van der Waals surface area contributed by atoms with Crippen molar-refractivity contribution in [2.24, 2.45) is 5.92 Å². The molecule has 1 atom stereocenters. The topological polar surface area (TPSA) is 104 Å². The Bertz CT molecular complexity index is 642. The molecule has 8 heteroatoms. The van der Waals surface area contributed by atoms with E-state index in [1.807, 2.05) is 0 Å². The van der Waals surface area contributed by atoms with Crippen molar-refractivity contribution in [3.05, 3.63) is 27.7 Å². The molecule has 0 aromatic heterocycles. The maximum absolute atomic E-state index is 12.3. The summed E-state index contributed by atoms with van der Waals surface area (Å²) in [6, 6.07) is 1.82. The lowest BCUT2D eigenvalue weighted by Gasteiger charge is -2.20. The molecule has 1 aromatic carbocycles. The molecule has 3 N–H and O–H groups in total. The summed E-state index contributed by atoms with van der Waals surface area (Å²) in [7, 11) is -3.92. The third kappa shape index (κ3) is 4.26. The van der Waals surface area contributed by atoms with E-state index >= 15 is 0 Å². The lowest BCUT2D eigenvalue weighted by atomic mass is 10.1. The van der Waals surface area contributed by atoms with Gasteiger partial charge in [-0.2, -0.15) is 0 Å². The van der Waals surface area contributed by atoms with E-state index in [0.717, 1.165) is 6.07 Å². The number of carbonyl (C=O) groups is 1. The Morgan fingerprint density at radius 3 is 2.38 bits per heavy atom. The minimum atomic E-state index is -3.92. The van der Waals surface area contributed by atoms with Crippen molar-refractivity contribution < 1.29 is 23.4 Å². The van der Waals surface area contributed by atoms with Crippen molar-refractivity contribution in [1.82, 2.24) is 4.72 Å². The van der Waals surface area contributed by atoms with E-state index in [1.165, 1.54) is 6.07 Å². The van der Waals surface area contributed by atoms with E-state index in [2.05, 4.69) is 20.7 Å². The molecule has 0 radical (unpaired) electrons. The molecule has 21 heavy (non-hydrogen) atoms. The molecular formula is C13H18BrNO5S. The molecule has 1 aromatic rings. The van der Waals surface area contributed by atoms with E-state index < -0.39 is 22.0 Å². The predicted octanol–water partition coefficient (Wildman–Crippen LogP) is 1.75. The largest absolute Gasteiger partial charge is 0.478 e. The maximum atomic E-state index is 12.3. The van der Waals surface area contributed by atoms with Crippen LogP contribution in [-0.4, -0.2) is 37.2 Å². The SMILES string of the molecule is Cc1c(Br)cc(S(=O)(=O)N[C@H](CO)C(C)C)cc1C(=O)O. The van der Waals surface area contributed by atoms with Gasteiger partial charge in [0, 0.05) is 10.5 Å². The number of benzene rings is 1. The van der Waals surface area contributed by atoms with Crippen LogP contribution in [0.2, 0.25) is 0 Å². The number of hydrogen-bond acceptors (Lipinski definition) is 4. The van der Waals surface area contributed by atoms with Gasteiger partial charge in [-0.05, 0) is 30.5 Å². The van der Waals surface area contributed by atoms with Crippen LogP contribution in [-0.2, 0) is 10.0 Å². The van der Waals surface area contributed by atoms with Crippen molar-refractivity contribution in [1.29, 1.82) is 0 Å². The maximum Gasteiger partial charge on any atom is 0.336 e. The lowest BCUT2D eigenvalue weighted by molar-refractivity contribution is 0.0695. The molecule has 1 rings (SSSR count). The Kier molecular flexibility index (Phi) is 5.92. The predicted molar refractivity (Wildman–Crippen MR) is 81.9 cm³/mol. The highest BCUT2D eigenvalue weighted by Crippen LogP contribution is 2.25. The first-order valence-electron chi connectivity index (χ1n) is 6.26. The number of aromatic carboxylic acids is 1. The summed E-state index contributed by atoms with van der Waals surface area (Å²) >= 11 is 3.16. The Labute approximate surface area is 132 Å². The molecule has 0 unspecified atom stereocenters. The minimum Gasteiger partial charge on any atom is -0.478 e. The van der Waals surface area contributed by atoms with Crippen LogP contribution in [0.15, 0.2) is 21.5 Å². The zero-order valence-electron chi connectivity index (χ0n) is 11.9. The summed E-state index contributed by atoms with van der Waals surface area (Å²) < 4.78 is 27.4. The Morgan fingerprint density at radius 1 is 1.38 bits per heavy atom. The highest BCUT2D eigenvalue weighted by molar-refractivity contribution is 9.10. The van der Waals surface area contributed by atoms with Crippen molar-refractivity contribution >= 4 is 31.9 Å². The molecule has 0 saturated heterocycles. The van der Waals surface area contributed by atoms with E-state index in [9.17, 15) is 18.3 Å². The average Bonchev–Trinajstić information content (AvgIpc) is 2.38. The minimum absolute atomic E-state index is 0.0881. The van der Waals surface area contributed by atoms with Gasteiger partial charge in [0.15, 0.2) is 0 Å². The van der Waals surface area contributed by atoms with Gasteiger partial charge in [0.25, 0.3) is 0 Å². The average molecular weight is 380 g/mol. The molecule has 0 aliphatic carbocycles. The summed E-state index contributed by atoms with van der Waals surface area (Å²) in [6.45, 7) is 4.80. The summed E-state index contributed by atoms with van der Waals surface area (Å²) in [5.74, 6) is -1.30. The number of nitrogens with one attached hydrogen (secondary N) is 1. The van der Waals surface area contributed by atoms with Gasteiger partial charge in [0.1, 0.15) is 0 Å². The van der Waals surface area contributed by atoms with Crippen LogP contribution in [0.5, 0.6) is 0 Å². The Balaban J connectivity index is 3.29. The van der Waals surface area contributed by atoms with Crippen molar-refractivity contribution in [2.45, 2.75) is 31.7 Å². The van der Waals surface area contributed by atoms with Crippen LogP contribution < -0.4 is 4.72 Å². The van der Waals surface area contributed by atoms with Gasteiger partial charge in [0.2, 0.25) is 10.0 Å². The zero-order chi connectivity index (χ0) is 16.4. The smallest absolute Gasteiger partial charge is 0.336 e. The zero-order valence-corrected chi connectivity index (χ0v) is 14.3. The van der Waals surface area contributed by atoms with Gasteiger partial charge >= 0.3 is 5.97 Å². The standard InChI is InChI=1S/C13H18BrNO5S/c1-7(2)12(6-16)15-21(19,20)9-4-10(13(17)18)8(3)11(14)5-9/h4-5,7,12,15-16H,6H2,1-3H3,(H,17,18)/t12-/m1/s1. The number of sulfonamides is 1. The van der Waals surface area contributed by atoms with E-state index in [-0.39, 0.29) is 23.0 Å². The van der Waals surface area contributed by atoms with Crippen LogP contribution in [0.25, 0.3) is 0 Å². The van der Waals surface area contributed by atoms with Crippen LogP contribution in [0, 0.1) is 12.8 Å². The lowest BCUT2D eigenvalue weighted by Crippen LogP contribution is -2.41. The number of carboxylic acid groups (broad SMARTS) is 1. The Morgan fingerprint density at radius 2 is 1.95 bits per heavy atom. The third-order valence-electron chi connectivity index (χ3n) is 3.17. The molecule has 6 nitrogen and oxygen atoms in total. The second-order valence-electron chi connectivity index (χ2n) is 5.04. The summed E-state index contributed by atoms with van der Waals surface area (Å²) in [4.78, 5) is 11.0. The van der Waals surface area contributed by atoms with Gasteiger partial charge in [-0.1, -0.05) is 29.8 Å². The summed E-state index contributed by atoms with van der Waals surface area (Å²) in [5, 5.41) is 18.3. The van der Waals surface area contributed by atoms with Crippen molar-refractivity contribution in [3.8, 4) is 0 Å². The van der Waals surface area contributed by atoms with Crippen LogP contribution in [0.4, 0.5) is 0 Å². The molecule has 0 heterocycles. The molecule has 0 saturated carbocycles. The van der Waals surface area contributed by atoms with Crippen molar-refractivity contribution in [3.63, 3.8) is 0 Å². The molecular weight excluding hydrogens is 362 g/mol. The first kappa shape index (κ1) is 18.1. The molecule has 0 bridgehead atoms.